The Morgan fingerprint density at radius 3 is 2.15 bits per heavy atom. The van der Waals surface area contributed by atoms with Gasteiger partial charge in [-0.15, -0.1) is 0 Å². The Hall–Kier alpha value is -4.45. The van der Waals surface area contributed by atoms with E-state index in [2.05, 4.69) is 4.98 Å². The fourth-order valence-corrected chi connectivity index (χ4v) is 3.80. The van der Waals surface area contributed by atoms with Gasteiger partial charge >= 0.3 is 11.7 Å². The number of ether oxygens (including phenoxy) is 1. The van der Waals surface area contributed by atoms with Crippen LogP contribution in [0, 0.1) is 0 Å². The number of imidazole rings is 1. The molecule has 162 valence electrons. The minimum atomic E-state index is -0.411. The Kier molecular flexibility index (Phi) is 5.55. The number of rotatable bonds is 6. The van der Waals surface area contributed by atoms with Crippen molar-refractivity contribution >= 4 is 17.1 Å². The predicted octanol–water partition coefficient (Wildman–Crippen LogP) is 4.59. The summed E-state index contributed by atoms with van der Waals surface area (Å²) in [5.41, 5.74) is 4.15. The molecule has 0 fully saturated rings. The zero-order valence-electron chi connectivity index (χ0n) is 17.8. The first-order chi connectivity index (χ1) is 16.2. The Bertz CT molecular complexity index is 1450. The Morgan fingerprint density at radius 2 is 1.45 bits per heavy atom. The minimum absolute atomic E-state index is 0.188. The van der Waals surface area contributed by atoms with E-state index in [9.17, 15) is 9.59 Å². The van der Waals surface area contributed by atoms with E-state index >= 15 is 0 Å². The minimum Gasteiger partial charge on any atom is -0.457 e. The van der Waals surface area contributed by atoms with Crippen LogP contribution in [0.3, 0.4) is 0 Å². The molecular weight excluding hydrogens is 414 g/mol. The van der Waals surface area contributed by atoms with Gasteiger partial charge in [0, 0.05) is 6.20 Å². The number of carbonyl (C=O) groups is 1. The van der Waals surface area contributed by atoms with E-state index in [-0.39, 0.29) is 12.3 Å². The van der Waals surface area contributed by atoms with Gasteiger partial charge in [-0.25, -0.2) is 14.6 Å². The smallest absolute Gasteiger partial charge is 0.338 e. The largest absolute Gasteiger partial charge is 0.457 e. The van der Waals surface area contributed by atoms with Gasteiger partial charge in [0.2, 0.25) is 0 Å². The molecule has 0 saturated heterocycles. The molecule has 0 atom stereocenters. The lowest BCUT2D eigenvalue weighted by molar-refractivity contribution is 0.0472. The summed E-state index contributed by atoms with van der Waals surface area (Å²) in [5, 5.41) is 0. The number of benzene rings is 3. The monoisotopic (exact) mass is 435 g/mol. The van der Waals surface area contributed by atoms with Crippen molar-refractivity contribution in [1.82, 2.24) is 14.1 Å². The average Bonchev–Trinajstić information content (AvgIpc) is 3.15. The van der Waals surface area contributed by atoms with Crippen LogP contribution < -0.4 is 5.69 Å². The maximum Gasteiger partial charge on any atom is 0.338 e. The highest BCUT2D eigenvalue weighted by Gasteiger charge is 2.16. The molecule has 0 aliphatic rings. The molecule has 0 spiro atoms. The molecule has 0 unspecified atom stereocenters. The average molecular weight is 435 g/mol. The summed E-state index contributed by atoms with van der Waals surface area (Å²) in [7, 11) is 0. The normalized spacial score (nSPS) is 10.9. The maximum absolute atomic E-state index is 13.4. The van der Waals surface area contributed by atoms with Gasteiger partial charge in [0.1, 0.15) is 6.61 Å². The van der Waals surface area contributed by atoms with Crippen LogP contribution in [-0.4, -0.2) is 20.1 Å². The van der Waals surface area contributed by atoms with E-state index in [1.807, 2.05) is 66.7 Å². The number of nitrogens with zero attached hydrogens (tertiary/aromatic N) is 3. The fraction of sp³-hybridized carbons (Fsp3) is 0.0741. The molecule has 0 aliphatic heterocycles. The van der Waals surface area contributed by atoms with Crippen molar-refractivity contribution in [2.45, 2.75) is 13.2 Å². The van der Waals surface area contributed by atoms with Crippen LogP contribution in [0.5, 0.6) is 0 Å². The van der Waals surface area contributed by atoms with Crippen LogP contribution in [0.4, 0.5) is 0 Å². The highest BCUT2D eigenvalue weighted by Crippen LogP contribution is 2.18. The molecule has 33 heavy (non-hydrogen) atoms. The van der Waals surface area contributed by atoms with Gasteiger partial charge in [-0.1, -0.05) is 60.7 Å². The molecule has 5 aromatic rings. The summed E-state index contributed by atoms with van der Waals surface area (Å²) in [4.78, 5) is 30.3. The van der Waals surface area contributed by atoms with Crippen LogP contribution in [0.1, 0.15) is 21.5 Å². The van der Waals surface area contributed by atoms with Crippen LogP contribution in [0.2, 0.25) is 0 Å². The van der Waals surface area contributed by atoms with E-state index < -0.39 is 5.97 Å². The standard InChI is InChI=1S/C27H21N3O3/c31-26(33-19-21-10-5-2-6-11-21)22-13-15-23(16-14-22)30-24-12-7-17-28-25(24)29(27(30)32)18-20-8-3-1-4-9-20/h1-17H,18-19H2. The molecule has 6 heteroatoms. The number of pyridine rings is 1. The Morgan fingerprint density at radius 1 is 0.788 bits per heavy atom. The van der Waals surface area contributed by atoms with E-state index in [0.29, 0.717) is 29.0 Å². The predicted molar refractivity (Wildman–Crippen MR) is 126 cm³/mol. The van der Waals surface area contributed by atoms with Crippen molar-refractivity contribution in [3.05, 3.63) is 130 Å². The summed E-state index contributed by atoms with van der Waals surface area (Å²) < 4.78 is 8.68. The second-order valence-corrected chi connectivity index (χ2v) is 7.64. The van der Waals surface area contributed by atoms with Gasteiger partial charge in [0.05, 0.1) is 23.3 Å². The highest BCUT2D eigenvalue weighted by atomic mass is 16.5. The van der Waals surface area contributed by atoms with Crippen molar-refractivity contribution in [3.63, 3.8) is 0 Å². The molecule has 0 aliphatic carbocycles. The van der Waals surface area contributed by atoms with E-state index in [1.165, 1.54) is 0 Å². The summed E-state index contributed by atoms with van der Waals surface area (Å²) in [6, 6.07) is 29.8. The third kappa shape index (κ3) is 4.19. The molecule has 2 heterocycles. The molecule has 5 rings (SSSR count). The van der Waals surface area contributed by atoms with Crippen molar-refractivity contribution in [2.75, 3.05) is 0 Å². The summed E-state index contributed by atoms with van der Waals surface area (Å²) >= 11 is 0. The lowest BCUT2D eigenvalue weighted by atomic mass is 10.2. The van der Waals surface area contributed by atoms with E-state index in [1.54, 1.807) is 45.7 Å². The van der Waals surface area contributed by atoms with Crippen LogP contribution in [0.25, 0.3) is 16.9 Å². The van der Waals surface area contributed by atoms with Crippen molar-refractivity contribution in [2.24, 2.45) is 0 Å². The Labute approximate surface area is 190 Å². The number of esters is 1. The topological polar surface area (TPSA) is 66.1 Å². The van der Waals surface area contributed by atoms with Gasteiger partial charge in [0.15, 0.2) is 5.65 Å². The SMILES string of the molecule is O=C(OCc1ccccc1)c1ccc(-n2c(=O)n(Cc3ccccc3)c3ncccc32)cc1. The zero-order chi connectivity index (χ0) is 22.6. The molecule has 3 aromatic carbocycles. The Balaban J connectivity index is 1.44. The lowest BCUT2D eigenvalue weighted by Gasteiger charge is -2.07. The highest BCUT2D eigenvalue weighted by molar-refractivity contribution is 5.89. The number of hydrogen-bond donors (Lipinski definition) is 0. The zero-order valence-corrected chi connectivity index (χ0v) is 17.8. The molecule has 2 aromatic heterocycles. The number of hydrogen-bond acceptors (Lipinski definition) is 4. The molecule has 0 N–H and O–H groups in total. The van der Waals surface area contributed by atoms with Crippen LogP contribution in [-0.2, 0) is 17.9 Å². The first-order valence-corrected chi connectivity index (χ1v) is 10.6. The molecule has 0 saturated carbocycles. The lowest BCUT2D eigenvalue weighted by Crippen LogP contribution is -2.24. The molecule has 0 amide bonds. The number of fused-ring (bicyclic) bond motifs is 1. The van der Waals surface area contributed by atoms with E-state index in [4.69, 9.17) is 4.74 Å². The summed E-state index contributed by atoms with van der Waals surface area (Å²) in [6.45, 7) is 0.629. The summed E-state index contributed by atoms with van der Waals surface area (Å²) in [5.74, 6) is -0.411. The van der Waals surface area contributed by atoms with Gasteiger partial charge < -0.3 is 4.74 Å². The quantitative estimate of drug-likeness (QED) is 0.366. The third-order valence-electron chi connectivity index (χ3n) is 5.44. The second-order valence-electron chi connectivity index (χ2n) is 7.64. The number of aromatic nitrogens is 3. The van der Waals surface area contributed by atoms with Crippen molar-refractivity contribution in [1.29, 1.82) is 0 Å². The second kappa shape index (κ2) is 8.96. The van der Waals surface area contributed by atoms with Crippen LogP contribution >= 0.6 is 0 Å². The van der Waals surface area contributed by atoms with E-state index in [0.717, 1.165) is 11.1 Å². The van der Waals surface area contributed by atoms with Gasteiger partial charge in [0.25, 0.3) is 0 Å². The fourth-order valence-electron chi connectivity index (χ4n) is 3.80. The first-order valence-electron chi connectivity index (χ1n) is 10.6. The van der Waals surface area contributed by atoms with Crippen molar-refractivity contribution < 1.29 is 9.53 Å². The number of carbonyl (C=O) groups excluding carboxylic acids is 1. The van der Waals surface area contributed by atoms with Gasteiger partial charge in [-0.05, 0) is 47.5 Å². The molecule has 0 radical (unpaired) electrons. The maximum atomic E-state index is 13.4. The first kappa shape index (κ1) is 20.5. The molecular formula is C27H21N3O3. The summed E-state index contributed by atoms with van der Waals surface area (Å²) in [6.07, 6.45) is 1.68. The molecule has 6 nitrogen and oxygen atoms in total. The van der Waals surface area contributed by atoms with Crippen LogP contribution in [0.15, 0.2) is 108 Å². The van der Waals surface area contributed by atoms with Gasteiger partial charge in [-0.3, -0.25) is 9.13 Å². The van der Waals surface area contributed by atoms with Gasteiger partial charge in [-0.2, -0.15) is 0 Å². The molecule has 0 bridgehead atoms. The third-order valence-corrected chi connectivity index (χ3v) is 5.44. The van der Waals surface area contributed by atoms with Crippen molar-refractivity contribution in [3.8, 4) is 5.69 Å².